The van der Waals surface area contributed by atoms with Gasteiger partial charge in [-0.3, -0.25) is 9.69 Å². The van der Waals surface area contributed by atoms with Crippen molar-refractivity contribution in [1.82, 2.24) is 10.2 Å². The molecule has 1 heterocycles. The SMILES string of the molecule is CCC(Oc1ccccc1OC)C(=O)NCc1cccc(CN2CCOCC2)c1. The third-order valence-electron chi connectivity index (χ3n) is 4.97. The van der Waals surface area contributed by atoms with Gasteiger partial charge in [-0.25, -0.2) is 0 Å². The molecular weight excluding hydrogens is 368 g/mol. The molecule has 2 aromatic carbocycles. The van der Waals surface area contributed by atoms with Gasteiger partial charge in [-0.05, 0) is 29.7 Å². The number of morpholine rings is 1. The van der Waals surface area contributed by atoms with Crippen LogP contribution in [0.25, 0.3) is 0 Å². The first kappa shape index (κ1) is 21.1. The van der Waals surface area contributed by atoms with E-state index < -0.39 is 6.10 Å². The molecular formula is C23H30N2O4. The normalized spacial score (nSPS) is 15.5. The van der Waals surface area contributed by atoms with E-state index in [1.165, 1.54) is 5.56 Å². The molecule has 6 nitrogen and oxygen atoms in total. The lowest BCUT2D eigenvalue weighted by Gasteiger charge is -2.26. The van der Waals surface area contributed by atoms with Crippen LogP contribution < -0.4 is 14.8 Å². The van der Waals surface area contributed by atoms with Gasteiger partial charge >= 0.3 is 0 Å². The predicted molar refractivity (Wildman–Crippen MR) is 112 cm³/mol. The maximum Gasteiger partial charge on any atom is 0.261 e. The summed E-state index contributed by atoms with van der Waals surface area (Å²) in [6, 6.07) is 15.7. The van der Waals surface area contributed by atoms with Crippen LogP contribution in [0.1, 0.15) is 24.5 Å². The second kappa shape index (κ2) is 10.8. The average Bonchev–Trinajstić information content (AvgIpc) is 2.77. The molecule has 1 saturated heterocycles. The van der Waals surface area contributed by atoms with Gasteiger partial charge in [0.25, 0.3) is 5.91 Å². The number of methoxy groups -OCH3 is 1. The lowest BCUT2D eigenvalue weighted by Crippen LogP contribution is -2.37. The summed E-state index contributed by atoms with van der Waals surface area (Å²) in [4.78, 5) is 15.0. The van der Waals surface area contributed by atoms with Gasteiger partial charge in [0.05, 0.1) is 20.3 Å². The van der Waals surface area contributed by atoms with Crippen molar-refractivity contribution in [3.05, 3.63) is 59.7 Å². The standard InChI is InChI=1S/C23H30N2O4/c1-3-20(29-22-10-5-4-9-21(22)27-2)23(26)24-16-18-7-6-8-19(15-18)17-25-11-13-28-14-12-25/h4-10,15,20H,3,11-14,16-17H2,1-2H3,(H,24,26). The Kier molecular flexibility index (Phi) is 7.90. The van der Waals surface area contributed by atoms with Gasteiger partial charge in [0, 0.05) is 26.2 Å². The van der Waals surface area contributed by atoms with Crippen LogP contribution in [0.5, 0.6) is 11.5 Å². The molecule has 1 fully saturated rings. The summed E-state index contributed by atoms with van der Waals surface area (Å²) in [5.41, 5.74) is 2.33. The number of carbonyl (C=O) groups excluding carboxylic acids is 1. The Morgan fingerprint density at radius 1 is 1.10 bits per heavy atom. The summed E-state index contributed by atoms with van der Waals surface area (Å²) < 4.78 is 16.6. The van der Waals surface area contributed by atoms with Crippen LogP contribution in [-0.4, -0.2) is 50.3 Å². The van der Waals surface area contributed by atoms with Crippen molar-refractivity contribution in [3.8, 4) is 11.5 Å². The summed E-state index contributed by atoms with van der Waals surface area (Å²) in [6.45, 7) is 6.81. The molecule has 0 bridgehead atoms. The third-order valence-corrected chi connectivity index (χ3v) is 4.97. The van der Waals surface area contributed by atoms with Crippen LogP contribution in [0.2, 0.25) is 0 Å². The molecule has 0 aliphatic carbocycles. The van der Waals surface area contributed by atoms with E-state index in [-0.39, 0.29) is 5.91 Å². The Hall–Kier alpha value is -2.57. The fourth-order valence-corrected chi connectivity index (χ4v) is 3.35. The highest BCUT2D eigenvalue weighted by Gasteiger charge is 2.20. The van der Waals surface area contributed by atoms with Crippen molar-refractivity contribution in [3.63, 3.8) is 0 Å². The monoisotopic (exact) mass is 398 g/mol. The number of rotatable bonds is 9. The van der Waals surface area contributed by atoms with Gasteiger partial charge in [-0.2, -0.15) is 0 Å². The summed E-state index contributed by atoms with van der Waals surface area (Å²) in [5.74, 6) is 1.07. The number of benzene rings is 2. The molecule has 156 valence electrons. The Bertz CT molecular complexity index is 790. The first-order valence-corrected chi connectivity index (χ1v) is 10.1. The van der Waals surface area contributed by atoms with Crippen LogP contribution >= 0.6 is 0 Å². The number of nitrogens with zero attached hydrogens (tertiary/aromatic N) is 1. The van der Waals surface area contributed by atoms with Crippen LogP contribution in [0.3, 0.4) is 0 Å². The minimum absolute atomic E-state index is 0.128. The Balaban J connectivity index is 1.55. The average molecular weight is 399 g/mol. The zero-order valence-electron chi connectivity index (χ0n) is 17.2. The molecule has 1 amide bonds. The van der Waals surface area contributed by atoms with Crippen molar-refractivity contribution in [2.24, 2.45) is 0 Å². The number of nitrogens with one attached hydrogen (secondary N) is 1. The minimum Gasteiger partial charge on any atom is -0.493 e. The fraction of sp³-hybridized carbons (Fsp3) is 0.435. The number of carbonyl (C=O) groups is 1. The summed E-state index contributed by atoms with van der Waals surface area (Å²) >= 11 is 0. The van der Waals surface area contributed by atoms with Crippen molar-refractivity contribution >= 4 is 5.91 Å². The van der Waals surface area contributed by atoms with Gasteiger partial charge in [-0.15, -0.1) is 0 Å². The van der Waals surface area contributed by atoms with E-state index in [1.807, 2.05) is 43.3 Å². The van der Waals surface area contributed by atoms with Crippen molar-refractivity contribution in [2.75, 3.05) is 33.4 Å². The molecule has 6 heteroatoms. The molecule has 29 heavy (non-hydrogen) atoms. The minimum atomic E-state index is -0.567. The highest BCUT2D eigenvalue weighted by atomic mass is 16.5. The number of para-hydroxylation sites is 2. The predicted octanol–water partition coefficient (Wildman–Crippen LogP) is 3.00. The lowest BCUT2D eigenvalue weighted by atomic mass is 10.1. The van der Waals surface area contributed by atoms with Crippen molar-refractivity contribution < 1.29 is 19.0 Å². The van der Waals surface area contributed by atoms with Crippen LogP contribution in [0.15, 0.2) is 48.5 Å². The Morgan fingerprint density at radius 2 is 1.83 bits per heavy atom. The van der Waals surface area contributed by atoms with Crippen molar-refractivity contribution in [1.29, 1.82) is 0 Å². The van der Waals surface area contributed by atoms with Crippen LogP contribution in [0, 0.1) is 0 Å². The molecule has 0 saturated carbocycles. The fourth-order valence-electron chi connectivity index (χ4n) is 3.35. The molecule has 1 aliphatic heterocycles. The number of hydrogen-bond acceptors (Lipinski definition) is 5. The highest BCUT2D eigenvalue weighted by Crippen LogP contribution is 2.27. The van der Waals surface area contributed by atoms with Gasteiger partial charge in [0.15, 0.2) is 17.6 Å². The molecule has 0 radical (unpaired) electrons. The van der Waals surface area contributed by atoms with E-state index in [0.717, 1.165) is 38.4 Å². The Labute approximate surface area is 172 Å². The van der Waals surface area contributed by atoms with Gasteiger partial charge < -0.3 is 19.5 Å². The molecule has 1 aliphatic rings. The molecule has 0 spiro atoms. The molecule has 3 rings (SSSR count). The lowest BCUT2D eigenvalue weighted by molar-refractivity contribution is -0.128. The molecule has 1 N–H and O–H groups in total. The maximum atomic E-state index is 12.7. The molecule has 2 aromatic rings. The number of ether oxygens (including phenoxy) is 3. The highest BCUT2D eigenvalue weighted by molar-refractivity contribution is 5.81. The molecule has 0 aromatic heterocycles. The summed E-state index contributed by atoms with van der Waals surface area (Å²) in [6.07, 6.45) is 0.00357. The topological polar surface area (TPSA) is 60.0 Å². The van der Waals surface area contributed by atoms with Gasteiger partial charge in [-0.1, -0.05) is 43.3 Å². The van der Waals surface area contributed by atoms with Crippen LogP contribution in [0.4, 0.5) is 0 Å². The van der Waals surface area contributed by atoms with E-state index in [2.05, 4.69) is 22.3 Å². The zero-order chi connectivity index (χ0) is 20.5. The van der Waals surface area contributed by atoms with Gasteiger partial charge in [0.2, 0.25) is 0 Å². The summed E-state index contributed by atoms with van der Waals surface area (Å²) in [7, 11) is 1.59. The molecule has 1 atom stereocenters. The maximum absolute atomic E-state index is 12.7. The van der Waals surface area contributed by atoms with Crippen molar-refractivity contribution in [2.45, 2.75) is 32.5 Å². The first-order chi connectivity index (χ1) is 14.2. The zero-order valence-corrected chi connectivity index (χ0v) is 17.2. The number of hydrogen-bond donors (Lipinski definition) is 1. The number of amides is 1. The van der Waals surface area contributed by atoms with E-state index >= 15 is 0 Å². The quantitative estimate of drug-likeness (QED) is 0.704. The first-order valence-electron chi connectivity index (χ1n) is 10.1. The largest absolute Gasteiger partial charge is 0.493 e. The van der Waals surface area contributed by atoms with E-state index in [0.29, 0.717) is 24.5 Å². The van der Waals surface area contributed by atoms with Gasteiger partial charge in [0.1, 0.15) is 0 Å². The van der Waals surface area contributed by atoms with E-state index in [1.54, 1.807) is 7.11 Å². The second-order valence-electron chi connectivity index (χ2n) is 7.09. The second-order valence-corrected chi connectivity index (χ2v) is 7.09. The van der Waals surface area contributed by atoms with Crippen LogP contribution in [-0.2, 0) is 22.6 Å². The third kappa shape index (κ3) is 6.21. The Morgan fingerprint density at radius 3 is 2.55 bits per heavy atom. The molecule has 1 unspecified atom stereocenters. The van der Waals surface area contributed by atoms with E-state index in [4.69, 9.17) is 14.2 Å². The van der Waals surface area contributed by atoms with E-state index in [9.17, 15) is 4.79 Å². The smallest absolute Gasteiger partial charge is 0.261 e. The summed E-state index contributed by atoms with van der Waals surface area (Å²) in [5, 5.41) is 3.00.